The molecule has 1 amide bonds. The lowest BCUT2D eigenvalue weighted by atomic mass is 10.1. The van der Waals surface area contributed by atoms with Crippen molar-refractivity contribution in [3.63, 3.8) is 0 Å². The molecule has 0 aliphatic carbocycles. The number of hydrogen-bond acceptors (Lipinski definition) is 3. The van der Waals surface area contributed by atoms with Gasteiger partial charge in [0.1, 0.15) is 5.82 Å². The Bertz CT molecular complexity index is 411. The van der Waals surface area contributed by atoms with Crippen LogP contribution in [0.15, 0.2) is 18.2 Å². The largest absolute Gasteiger partial charge is 0.396 e. The number of halogens is 1. The highest BCUT2D eigenvalue weighted by Crippen LogP contribution is 2.18. The fraction of sp³-hybridized carbons (Fsp3) is 0.417. The number of carbonyl (C=O) groups is 1. The number of nitrogens with zero attached hydrogens (tertiary/aromatic N) is 1. The summed E-state index contributed by atoms with van der Waals surface area (Å²) < 4.78 is 13.3. The Labute approximate surface area is 105 Å². The summed E-state index contributed by atoms with van der Waals surface area (Å²) >= 11 is 1.66. The van der Waals surface area contributed by atoms with Gasteiger partial charge in [-0.1, -0.05) is 6.07 Å². The van der Waals surface area contributed by atoms with Gasteiger partial charge in [0.05, 0.1) is 11.3 Å². The second-order valence-corrected chi connectivity index (χ2v) is 4.83. The third-order valence-electron chi connectivity index (χ3n) is 2.67. The van der Waals surface area contributed by atoms with E-state index in [1.54, 1.807) is 29.8 Å². The van der Waals surface area contributed by atoms with Crippen LogP contribution in [0.1, 0.15) is 17.3 Å². The molecular formula is C12H17FN2OS. The minimum atomic E-state index is -0.554. The highest BCUT2D eigenvalue weighted by atomic mass is 32.2. The highest BCUT2D eigenvalue weighted by molar-refractivity contribution is 7.98. The van der Waals surface area contributed by atoms with E-state index in [0.29, 0.717) is 0 Å². The van der Waals surface area contributed by atoms with Gasteiger partial charge in [0.15, 0.2) is 0 Å². The van der Waals surface area contributed by atoms with Crippen LogP contribution in [0.3, 0.4) is 0 Å². The van der Waals surface area contributed by atoms with E-state index in [2.05, 4.69) is 0 Å². The summed E-state index contributed by atoms with van der Waals surface area (Å²) in [5.41, 5.74) is 5.71. The van der Waals surface area contributed by atoms with Crippen LogP contribution in [0.4, 0.5) is 10.1 Å². The van der Waals surface area contributed by atoms with Crippen LogP contribution in [0.5, 0.6) is 0 Å². The third kappa shape index (κ3) is 3.12. The van der Waals surface area contributed by atoms with E-state index in [-0.39, 0.29) is 23.2 Å². The van der Waals surface area contributed by atoms with Crippen LogP contribution in [0, 0.1) is 5.82 Å². The van der Waals surface area contributed by atoms with Gasteiger partial charge in [0.25, 0.3) is 5.91 Å². The van der Waals surface area contributed by atoms with Crippen molar-refractivity contribution in [3.8, 4) is 0 Å². The molecule has 2 N–H and O–H groups in total. The summed E-state index contributed by atoms with van der Waals surface area (Å²) in [5.74, 6) is 0.0302. The average molecular weight is 256 g/mol. The molecule has 0 saturated heterocycles. The molecule has 1 atom stereocenters. The lowest BCUT2D eigenvalue weighted by molar-refractivity contribution is 0.0758. The Kier molecular flexibility index (Phi) is 4.81. The normalized spacial score (nSPS) is 12.2. The maximum absolute atomic E-state index is 13.3. The topological polar surface area (TPSA) is 46.3 Å². The molecule has 0 aliphatic rings. The van der Waals surface area contributed by atoms with Crippen molar-refractivity contribution in [1.82, 2.24) is 4.90 Å². The van der Waals surface area contributed by atoms with E-state index in [1.807, 2.05) is 13.2 Å². The van der Waals surface area contributed by atoms with Gasteiger partial charge in [-0.25, -0.2) is 4.39 Å². The second-order valence-electron chi connectivity index (χ2n) is 3.92. The van der Waals surface area contributed by atoms with Crippen LogP contribution < -0.4 is 5.73 Å². The van der Waals surface area contributed by atoms with Crippen molar-refractivity contribution in [3.05, 3.63) is 29.6 Å². The van der Waals surface area contributed by atoms with Crippen molar-refractivity contribution in [1.29, 1.82) is 0 Å². The monoisotopic (exact) mass is 256 g/mol. The SMILES string of the molecule is CSCC(C)N(C)C(=O)c1cccc(F)c1N. The number of amides is 1. The summed E-state index contributed by atoms with van der Waals surface area (Å²) in [7, 11) is 1.70. The number of thioether (sulfide) groups is 1. The summed E-state index contributed by atoms with van der Waals surface area (Å²) in [6.45, 7) is 1.95. The van der Waals surface area contributed by atoms with Crippen LogP contribution >= 0.6 is 11.8 Å². The Morgan fingerprint density at radius 3 is 2.82 bits per heavy atom. The minimum absolute atomic E-state index is 0.0827. The first-order valence-electron chi connectivity index (χ1n) is 5.29. The maximum Gasteiger partial charge on any atom is 0.256 e. The predicted octanol–water partition coefficient (Wildman–Crippen LogP) is 2.23. The Morgan fingerprint density at radius 2 is 2.24 bits per heavy atom. The molecule has 0 radical (unpaired) electrons. The zero-order valence-electron chi connectivity index (χ0n) is 10.2. The summed E-state index contributed by atoms with van der Waals surface area (Å²) in [6.07, 6.45) is 1.98. The van der Waals surface area contributed by atoms with Gasteiger partial charge in [0.2, 0.25) is 0 Å². The highest BCUT2D eigenvalue weighted by Gasteiger charge is 2.20. The van der Waals surface area contributed by atoms with E-state index in [1.165, 1.54) is 12.1 Å². The lowest BCUT2D eigenvalue weighted by Crippen LogP contribution is -2.37. The number of benzene rings is 1. The smallest absolute Gasteiger partial charge is 0.256 e. The van der Waals surface area contributed by atoms with Gasteiger partial charge < -0.3 is 10.6 Å². The second kappa shape index (κ2) is 5.91. The molecule has 94 valence electrons. The number of rotatable bonds is 4. The van der Waals surface area contributed by atoms with E-state index in [4.69, 9.17) is 5.73 Å². The first kappa shape index (κ1) is 13.8. The predicted molar refractivity (Wildman–Crippen MR) is 70.7 cm³/mol. The molecule has 1 unspecified atom stereocenters. The summed E-state index contributed by atoms with van der Waals surface area (Å²) in [4.78, 5) is 13.7. The fourth-order valence-corrected chi connectivity index (χ4v) is 2.17. The molecule has 17 heavy (non-hydrogen) atoms. The molecule has 0 heterocycles. The number of nitrogens with two attached hydrogens (primary N) is 1. The van der Waals surface area contributed by atoms with Gasteiger partial charge in [-0.15, -0.1) is 0 Å². The molecule has 1 aromatic carbocycles. The van der Waals surface area contributed by atoms with Crippen molar-refractivity contribution in [2.45, 2.75) is 13.0 Å². The number of anilines is 1. The van der Waals surface area contributed by atoms with E-state index in [9.17, 15) is 9.18 Å². The zero-order valence-corrected chi connectivity index (χ0v) is 11.1. The molecule has 5 heteroatoms. The maximum atomic E-state index is 13.3. The Morgan fingerprint density at radius 1 is 1.59 bits per heavy atom. The molecule has 0 aliphatic heterocycles. The van der Waals surface area contributed by atoms with Crippen molar-refractivity contribution in [2.24, 2.45) is 0 Å². The lowest BCUT2D eigenvalue weighted by Gasteiger charge is -2.25. The number of carbonyl (C=O) groups excluding carboxylic acids is 1. The third-order valence-corrected chi connectivity index (χ3v) is 3.49. The molecule has 1 aromatic rings. The average Bonchev–Trinajstić information content (AvgIpc) is 2.31. The first-order chi connectivity index (χ1) is 7.99. The molecule has 0 bridgehead atoms. The quantitative estimate of drug-likeness (QED) is 0.840. The van der Waals surface area contributed by atoms with Crippen molar-refractivity contribution < 1.29 is 9.18 Å². The van der Waals surface area contributed by atoms with Crippen LogP contribution in [0.2, 0.25) is 0 Å². The van der Waals surface area contributed by atoms with Gasteiger partial charge in [0, 0.05) is 18.8 Å². The molecule has 3 nitrogen and oxygen atoms in total. The number of nitrogen functional groups attached to an aromatic ring is 1. The molecule has 0 fully saturated rings. The number of hydrogen-bond donors (Lipinski definition) is 1. The van der Waals surface area contributed by atoms with Crippen molar-refractivity contribution >= 4 is 23.4 Å². The molecule has 0 saturated carbocycles. The standard InChI is InChI=1S/C12H17FN2OS/c1-8(7-17-3)15(2)12(16)9-5-4-6-10(13)11(9)14/h4-6,8H,7,14H2,1-3H3. The zero-order chi connectivity index (χ0) is 13.0. The summed E-state index contributed by atoms with van der Waals surface area (Å²) in [5, 5.41) is 0. The summed E-state index contributed by atoms with van der Waals surface area (Å²) in [6, 6.07) is 4.37. The van der Waals surface area contributed by atoms with E-state index >= 15 is 0 Å². The molecule has 1 rings (SSSR count). The van der Waals surface area contributed by atoms with Crippen molar-refractivity contribution in [2.75, 3.05) is 24.8 Å². The molecule has 0 spiro atoms. The van der Waals surface area contributed by atoms with Crippen LogP contribution in [-0.4, -0.2) is 35.9 Å². The van der Waals surface area contributed by atoms with E-state index < -0.39 is 5.82 Å². The Hall–Kier alpha value is -1.23. The van der Waals surface area contributed by atoms with Gasteiger partial charge in [-0.2, -0.15) is 11.8 Å². The number of para-hydroxylation sites is 1. The molecule has 0 aromatic heterocycles. The Balaban J connectivity index is 2.93. The van der Waals surface area contributed by atoms with Gasteiger partial charge in [-0.3, -0.25) is 4.79 Å². The van der Waals surface area contributed by atoms with Crippen LogP contribution in [0.25, 0.3) is 0 Å². The fourth-order valence-electron chi connectivity index (χ4n) is 1.47. The van der Waals surface area contributed by atoms with Crippen LogP contribution in [-0.2, 0) is 0 Å². The van der Waals surface area contributed by atoms with E-state index in [0.717, 1.165) is 5.75 Å². The molecular weight excluding hydrogens is 239 g/mol. The first-order valence-corrected chi connectivity index (χ1v) is 6.68. The minimum Gasteiger partial charge on any atom is -0.396 e. The van der Waals surface area contributed by atoms with Gasteiger partial charge >= 0.3 is 0 Å². The van der Waals surface area contributed by atoms with Gasteiger partial charge in [-0.05, 0) is 25.3 Å².